The first kappa shape index (κ1) is 14.1. The van der Waals surface area contributed by atoms with Crippen molar-refractivity contribution in [1.82, 2.24) is 14.5 Å². The fraction of sp³-hybridized carbons (Fsp3) is 0.412. The van der Waals surface area contributed by atoms with Gasteiger partial charge in [-0.2, -0.15) is 0 Å². The van der Waals surface area contributed by atoms with Gasteiger partial charge in [-0.15, -0.1) is 0 Å². The molecule has 0 N–H and O–H groups in total. The number of benzene rings is 1. The minimum absolute atomic E-state index is 0.0735. The molecule has 0 spiro atoms. The molecule has 1 aromatic heterocycles. The number of piperidine rings is 1. The zero-order valence-corrected chi connectivity index (χ0v) is 12.9. The van der Waals surface area contributed by atoms with Crippen molar-refractivity contribution in [2.75, 3.05) is 19.9 Å². The average molecular weight is 313 g/mol. The lowest BCUT2D eigenvalue weighted by atomic mass is 9.96. The summed E-state index contributed by atoms with van der Waals surface area (Å²) in [5.74, 6) is 2.04. The van der Waals surface area contributed by atoms with Crippen molar-refractivity contribution in [3.63, 3.8) is 0 Å². The highest BCUT2D eigenvalue weighted by Crippen LogP contribution is 2.33. The van der Waals surface area contributed by atoms with E-state index in [4.69, 9.17) is 9.47 Å². The van der Waals surface area contributed by atoms with E-state index in [-0.39, 0.29) is 12.7 Å². The van der Waals surface area contributed by atoms with Crippen LogP contribution in [-0.4, -0.2) is 40.2 Å². The predicted octanol–water partition coefficient (Wildman–Crippen LogP) is 2.16. The minimum Gasteiger partial charge on any atom is -0.454 e. The summed E-state index contributed by atoms with van der Waals surface area (Å²) in [4.78, 5) is 18.6. The molecule has 0 aliphatic carbocycles. The van der Waals surface area contributed by atoms with Gasteiger partial charge in [0.05, 0.1) is 6.33 Å². The van der Waals surface area contributed by atoms with E-state index in [1.54, 1.807) is 18.3 Å². The molecular formula is C17H19N3O3. The van der Waals surface area contributed by atoms with Crippen LogP contribution in [-0.2, 0) is 6.54 Å². The molecule has 0 saturated carbocycles. The van der Waals surface area contributed by atoms with Crippen LogP contribution in [0.25, 0.3) is 0 Å². The van der Waals surface area contributed by atoms with Gasteiger partial charge in [-0.05, 0) is 37.0 Å². The first-order valence-electron chi connectivity index (χ1n) is 7.94. The number of amides is 1. The van der Waals surface area contributed by atoms with Crippen LogP contribution < -0.4 is 9.47 Å². The Kier molecular flexibility index (Phi) is 3.65. The lowest BCUT2D eigenvalue weighted by molar-refractivity contribution is 0.0682. The summed E-state index contributed by atoms with van der Waals surface area (Å²) in [6.45, 7) is 2.80. The lowest BCUT2D eigenvalue weighted by Gasteiger charge is -2.32. The van der Waals surface area contributed by atoms with E-state index in [0.29, 0.717) is 23.0 Å². The molecule has 1 saturated heterocycles. The number of hydrogen-bond donors (Lipinski definition) is 0. The van der Waals surface area contributed by atoms with Gasteiger partial charge in [0.1, 0.15) is 0 Å². The van der Waals surface area contributed by atoms with Crippen LogP contribution >= 0.6 is 0 Å². The molecule has 6 nitrogen and oxygen atoms in total. The van der Waals surface area contributed by atoms with Crippen LogP contribution in [0.15, 0.2) is 36.9 Å². The molecule has 2 aliphatic heterocycles. The fourth-order valence-electron chi connectivity index (χ4n) is 3.22. The first-order valence-corrected chi connectivity index (χ1v) is 7.94. The van der Waals surface area contributed by atoms with Crippen LogP contribution in [0.1, 0.15) is 23.2 Å². The minimum atomic E-state index is 0.0735. The summed E-state index contributed by atoms with van der Waals surface area (Å²) >= 11 is 0. The summed E-state index contributed by atoms with van der Waals surface area (Å²) in [5.41, 5.74) is 0.669. The Morgan fingerprint density at radius 2 is 2.04 bits per heavy atom. The number of aromatic nitrogens is 2. The number of carbonyl (C=O) groups excluding carboxylic acids is 1. The zero-order valence-electron chi connectivity index (χ0n) is 12.9. The van der Waals surface area contributed by atoms with E-state index in [1.807, 2.05) is 23.5 Å². The van der Waals surface area contributed by atoms with E-state index < -0.39 is 0 Å². The van der Waals surface area contributed by atoms with Crippen molar-refractivity contribution < 1.29 is 14.3 Å². The Bertz CT molecular complexity index is 691. The summed E-state index contributed by atoms with van der Waals surface area (Å²) in [6, 6.07) is 5.40. The first-order chi connectivity index (χ1) is 11.3. The molecule has 3 heterocycles. The van der Waals surface area contributed by atoms with Gasteiger partial charge in [-0.3, -0.25) is 4.79 Å². The number of likely N-dealkylation sites (tertiary alicyclic amines) is 1. The quantitative estimate of drug-likeness (QED) is 0.871. The van der Waals surface area contributed by atoms with Gasteiger partial charge in [0.15, 0.2) is 11.5 Å². The Labute approximate surface area is 134 Å². The molecule has 6 heteroatoms. The summed E-state index contributed by atoms with van der Waals surface area (Å²) < 4.78 is 12.7. The van der Waals surface area contributed by atoms with Crippen LogP contribution in [0.4, 0.5) is 0 Å². The maximum absolute atomic E-state index is 12.6. The number of imidazole rings is 1. The summed E-state index contributed by atoms with van der Waals surface area (Å²) in [5, 5.41) is 0. The highest BCUT2D eigenvalue weighted by molar-refractivity contribution is 5.95. The standard InChI is InChI=1S/C17H19N3O3/c21-17(14-1-2-15-16(9-14)23-12-22-15)20-6-3-13(4-7-20)10-19-8-5-18-11-19/h1-2,5,8-9,11,13H,3-4,6-7,10,12H2. The smallest absolute Gasteiger partial charge is 0.253 e. The molecule has 120 valence electrons. The van der Waals surface area contributed by atoms with Gasteiger partial charge in [-0.1, -0.05) is 0 Å². The second-order valence-electron chi connectivity index (χ2n) is 6.06. The molecule has 4 rings (SSSR count). The molecule has 0 atom stereocenters. The van der Waals surface area contributed by atoms with Crippen molar-refractivity contribution in [2.24, 2.45) is 5.92 Å². The maximum Gasteiger partial charge on any atom is 0.253 e. The van der Waals surface area contributed by atoms with E-state index >= 15 is 0 Å². The van der Waals surface area contributed by atoms with E-state index in [2.05, 4.69) is 9.55 Å². The fourth-order valence-corrected chi connectivity index (χ4v) is 3.22. The molecule has 2 aliphatic rings. The highest BCUT2D eigenvalue weighted by Gasteiger charge is 2.25. The number of ether oxygens (including phenoxy) is 2. The van der Waals surface area contributed by atoms with Crippen molar-refractivity contribution >= 4 is 5.91 Å². The Hall–Kier alpha value is -2.50. The van der Waals surface area contributed by atoms with Gasteiger partial charge in [-0.25, -0.2) is 4.98 Å². The number of hydrogen-bond acceptors (Lipinski definition) is 4. The van der Waals surface area contributed by atoms with Crippen molar-refractivity contribution in [2.45, 2.75) is 19.4 Å². The van der Waals surface area contributed by atoms with Crippen LogP contribution in [0.5, 0.6) is 11.5 Å². The maximum atomic E-state index is 12.6. The summed E-state index contributed by atoms with van der Waals surface area (Å²) in [7, 11) is 0. The van der Waals surface area contributed by atoms with Crippen molar-refractivity contribution in [3.8, 4) is 11.5 Å². The molecule has 0 unspecified atom stereocenters. The molecule has 1 amide bonds. The topological polar surface area (TPSA) is 56.6 Å². The largest absolute Gasteiger partial charge is 0.454 e. The predicted molar refractivity (Wildman–Crippen MR) is 83.4 cm³/mol. The van der Waals surface area contributed by atoms with Crippen molar-refractivity contribution in [1.29, 1.82) is 0 Å². The van der Waals surface area contributed by atoms with Crippen LogP contribution in [0.2, 0.25) is 0 Å². The number of rotatable bonds is 3. The van der Waals surface area contributed by atoms with E-state index in [9.17, 15) is 4.79 Å². The third-order valence-electron chi connectivity index (χ3n) is 4.55. The second-order valence-corrected chi connectivity index (χ2v) is 6.06. The number of nitrogens with zero attached hydrogens (tertiary/aromatic N) is 3. The lowest BCUT2D eigenvalue weighted by Crippen LogP contribution is -2.39. The van der Waals surface area contributed by atoms with Gasteiger partial charge < -0.3 is 18.9 Å². The molecule has 23 heavy (non-hydrogen) atoms. The van der Waals surface area contributed by atoms with E-state index in [1.165, 1.54) is 0 Å². The molecule has 0 bridgehead atoms. The van der Waals surface area contributed by atoms with Gasteiger partial charge >= 0.3 is 0 Å². The Balaban J connectivity index is 1.37. The van der Waals surface area contributed by atoms with Gasteiger partial charge in [0.25, 0.3) is 5.91 Å². The second kappa shape index (κ2) is 5.95. The van der Waals surface area contributed by atoms with Gasteiger partial charge in [0, 0.05) is 37.6 Å². The Morgan fingerprint density at radius 3 is 2.83 bits per heavy atom. The number of fused-ring (bicyclic) bond motifs is 1. The van der Waals surface area contributed by atoms with Crippen molar-refractivity contribution in [3.05, 3.63) is 42.5 Å². The number of carbonyl (C=O) groups is 1. The monoisotopic (exact) mass is 313 g/mol. The SMILES string of the molecule is O=C(c1ccc2c(c1)OCO2)N1CCC(Cn2ccnc2)CC1. The van der Waals surface area contributed by atoms with Crippen LogP contribution in [0, 0.1) is 5.92 Å². The molecular weight excluding hydrogens is 294 g/mol. The summed E-state index contributed by atoms with van der Waals surface area (Å²) in [6.07, 6.45) is 7.69. The van der Waals surface area contributed by atoms with Crippen LogP contribution in [0.3, 0.4) is 0 Å². The molecule has 0 radical (unpaired) electrons. The third kappa shape index (κ3) is 2.88. The highest BCUT2D eigenvalue weighted by atomic mass is 16.7. The van der Waals surface area contributed by atoms with E-state index in [0.717, 1.165) is 32.5 Å². The normalized spacial score (nSPS) is 17.5. The molecule has 1 fully saturated rings. The third-order valence-corrected chi connectivity index (χ3v) is 4.55. The average Bonchev–Trinajstić information content (AvgIpc) is 3.25. The Morgan fingerprint density at radius 1 is 1.22 bits per heavy atom. The molecule has 2 aromatic rings. The zero-order chi connectivity index (χ0) is 15.6. The van der Waals surface area contributed by atoms with Gasteiger partial charge in [0.2, 0.25) is 6.79 Å². The molecule has 1 aromatic carbocycles.